The Balaban J connectivity index is 1.57. The Kier molecular flexibility index (Phi) is 5.30. The van der Waals surface area contributed by atoms with E-state index in [1.165, 1.54) is 23.2 Å². The van der Waals surface area contributed by atoms with Gasteiger partial charge in [-0.3, -0.25) is 14.5 Å². The molecule has 0 aromatic heterocycles. The zero-order valence-electron chi connectivity index (χ0n) is 16.2. The minimum absolute atomic E-state index is 0.0941. The van der Waals surface area contributed by atoms with Crippen LogP contribution in [0.15, 0.2) is 34.4 Å². The average molecular weight is 385 g/mol. The number of anilines is 1. The van der Waals surface area contributed by atoms with Gasteiger partial charge >= 0.3 is 6.03 Å². The molecule has 1 aromatic carbocycles. The Bertz CT molecular complexity index is 834. The summed E-state index contributed by atoms with van der Waals surface area (Å²) < 4.78 is 0. The van der Waals surface area contributed by atoms with E-state index in [-0.39, 0.29) is 18.4 Å². The third-order valence-electron chi connectivity index (χ3n) is 4.72. The van der Waals surface area contributed by atoms with Crippen molar-refractivity contribution >= 4 is 36.1 Å². The second-order valence-electron chi connectivity index (χ2n) is 6.87. The van der Waals surface area contributed by atoms with Gasteiger partial charge in [0.1, 0.15) is 6.54 Å². The van der Waals surface area contributed by atoms with Crippen LogP contribution in [0.1, 0.15) is 5.56 Å². The van der Waals surface area contributed by atoms with Gasteiger partial charge in [-0.2, -0.15) is 5.10 Å². The number of rotatable bonds is 5. The van der Waals surface area contributed by atoms with Crippen molar-refractivity contribution in [2.75, 3.05) is 39.6 Å². The number of nitrogens with one attached hydrogen (secondary N) is 1. The number of imide groups is 1. The van der Waals surface area contributed by atoms with Crippen molar-refractivity contribution in [3.05, 3.63) is 29.8 Å². The molecule has 1 saturated heterocycles. The van der Waals surface area contributed by atoms with Crippen LogP contribution in [0, 0.1) is 0 Å². The Morgan fingerprint density at radius 1 is 1.25 bits per heavy atom. The maximum absolute atomic E-state index is 12.4. The second kappa shape index (κ2) is 7.67. The fourth-order valence-electron chi connectivity index (χ4n) is 3.08. The van der Waals surface area contributed by atoms with Gasteiger partial charge in [0.15, 0.2) is 12.2 Å². The zero-order chi connectivity index (χ0) is 20.4. The number of hydrogen-bond acceptors (Lipinski definition) is 7. The Morgan fingerprint density at radius 3 is 2.57 bits per heavy atom. The van der Waals surface area contributed by atoms with Gasteiger partial charge in [0, 0.05) is 33.9 Å². The van der Waals surface area contributed by atoms with Crippen molar-refractivity contribution in [3.63, 3.8) is 0 Å². The number of likely N-dealkylation sites (N-methyl/N-ethyl adjacent to an activating group) is 2. The molecule has 2 atom stereocenters. The van der Waals surface area contributed by atoms with E-state index in [1.54, 1.807) is 13.3 Å². The molecule has 10 heteroatoms. The van der Waals surface area contributed by atoms with Crippen LogP contribution in [0.5, 0.6) is 0 Å². The Hall–Kier alpha value is -3.43. The first-order valence-electron chi connectivity index (χ1n) is 8.72. The monoisotopic (exact) mass is 385 g/mol. The molecule has 3 rings (SSSR count). The van der Waals surface area contributed by atoms with E-state index in [0.29, 0.717) is 0 Å². The number of nitrogens with zero attached hydrogens (tertiary/aromatic N) is 6. The van der Waals surface area contributed by atoms with Crippen molar-refractivity contribution in [2.24, 2.45) is 10.1 Å². The molecule has 2 aliphatic heterocycles. The summed E-state index contributed by atoms with van der Waals surface area (Å²) >= 11 is 0. The van der Waals surface area contributed by atoms with E-state index >= 15 is 0 Å². The molecule has 1 N–H and O–H groups in total. The van der Waals surface area contributed by atoms with Gasteiger partial charge in [0.05, 0.1) is 12.6 Å². The lowest BCUT2D eigenvalue weighted by Gasteiger charge is -2.39. The number of amides is 4. The summed E-state index contributed by atoms with van der Waals surface area (Å²) in [5.74, 6) is -0.772. The highest BCUT2D eigenvalue weighted by Crippen LogP contribution is 2.24. The summed E-state index contributed by atoms with van der Waals surface area (Å²) in [4.78, 5) is 46.7. The molecule has 0 radical (unpaired) electrons. The predicted octanol–water partition coefficient (Wildman–Crippen LogP) is -0.235. The quantitative estimate of drug-likeness (QED) is 0.557. The molecule has 1 aromatic rings. The van der Waals surface area contributed by atoms with E-state index < -0.39 is 18.2 Å². The molecule has 2 aliphatic rings. The number of urea groups is 1. The normalized spacial score (nSPS) is 21.5. The summed E-state index contributed by atoms with van der Waals surface area (Å²) in [6.07, 6.45) is 2.35. The number of carbonyl (C=O) groups excluding carboxylic acids is 3. The first-order chi connectivity index (χ1) is 13.3. The summed E-state index contributed by atoms with van der Waals surface area (Å²) in [5.41, 5.74) is 4.36. The maximum Gasteiger partial charge on any atom is 0.328 e. The molecule has 0 spiro atoms. The highest BCUT2D eigenvalue weighted by Gasteiger charge is 2.48. The van der Waals surface area contributed by atoms with E-state index in [9.17, 15) is 14.4 Å². The molecule has 0 aliphatic carbocycles. The molecule has 4 amide bonds. The van der Waals surface area contributed by atoms with Gasteiger partial charge in [-0.1, -0.05) is 12.1 Å². The first-order valence-corrected chi connectivity index (χ1v) is 8.72. The number of fused-ring (bicyclic) bond motifs is 1. The van der Waals surface area contributed by atoms with Crippen LogP contribution >= 0.6 is 0 Å². The zero-order valence-corrected chi connectivity index (χ0v) is 16.2. The third kappa shape index (κ3) is 3.66. The van der Waals surface area contributed by atoms with Crippen molar-refractivity contribution in [1.82, 2.24) is 20.1 Å². The smallest absolute Gasteiger partial charge is 0.328 e. The largest absolute Gasteiger partial charge is 0.378 e. The fourth-order valence-corrected chi connectivity index (χ4v) is 3.08. The maximum atomic E-state index is 12.4. The minimum Gasteiger partial charge on any atom is -0.378 e. The summed E-state index contributed by atoms with van der Waals surface area (Å²) in [6.45, 7) is -0.0941. The number of aliphatic imine (C=N–C) groups is 1. The van der Waals surface area contributed by atoms with E-state index in [4.69, 9.17) is 0 Å². The van der Waals surface area contributed by atoms with Gasteiger partial charge in [-0.25, -0.2) is 15.2 Å². The Morgan fingerprint density at radius 2 is 1.93 bits per heavy atom. The lowest BCUT2D eigenvalue weighted by atomic mass is 10.1. The lowest BCUT2D eigenvalue weighted by Crippen LogP contribution is -2.64. The molecule has 1 fully saturated rings. The van der Waals surface area contributed by atoms with Crippen LogP contribution < -0.4 is 10.3 Å². The standard InChI is InChI=1S/C18H23N7O3/c1-22(2)13-7-5-12(6-8-13)9-20-21-14(26)10-25-11-19-16-15(25)17(27)24(4)18(28)23(16)3/h5-9,11,15-16H,10H2,1-4H3,(H,21,26)/b20-9+. The number of hydrogen-bond donors (Lipinski definition) is 1. The lowest BCUT2D eigenvalue weighted by molar-refractivity contribution is -0.136. The molecule has 10 nitrogen and oxygen atoms in total. The number of hydrazone groups is 1. The van der Waals surface area contributed by atoms with Crippen LogP contribution in [0.4, 0.5) is 10.5 Å². The molecule has 148 valence electrons. The van der Waals surface area contributed by atoms with Gasteiger partial charge in [0.2, 0.25) is 0 Å². The molecular weight excluding hydrogens is 362 g/mol. The highest BCUT2D eigenvalue weighted by atomic mass is 16.2. The minimum atomic E-state index is -0.707. The first kappa shape index (κ1) is 19.3. The van der Waals surface area contributed by atoms with Gasteiger partial charge in [0.25, 0.3) is 11.8 Å². The highest BCUT2D eigenvalue weighted by molar-refractivity contribution is 6.02. The molecule has 0 saturated carbocycles. The second-order valence-corrected chi connectivity index (χ2v) is 6.87. The number of benzene rings is 1. The van der Waals surface area contributed by atoms with Gasteiger partial charge in [-0.05, 0) is 17.7 Å². The van der Waals surface area contributed by atoms with Crippen LogP contribution in [-0.2, 0) is 9.59 Å². The van der Waals surface area contributed by atoms with Crippen molar-refractivity contribution in [3.8, 4) is 0 Å². The summed E-state index contributed by atoms with van der Waals surface area (Å²) in [6, 6.07) is 6.57. The van der Waals surface area contributed by atoms with Crippen molar-refractivity contribution in [1.29, 1.82) is 0 Å². The number of carbonyl (C=O) groups is 3. The predicted molar refractivity (Wildman–Crippen MR) is 105 cm³/mol. The fraction of sp³-hybridized carbons (Fsp3) is 0.389. The van der Waals surface area contributed by atoms with E-state index in [1.807, 2.05) is 43.3 Å². The van der Waals surface area contributed by atoms with Crippen LogP contribution in [0.3, 0.4) is 0 Å². The molecule has 2 heterocycles. The summed E-state index contributed by atoms with van der Waals surface area (Å²) in [5, 5.41) is 3.95. The van der Waals surface area contributed by atoms with E-state index in [0.717, 1.165) is 16.2 Å². The van der Waals surface area contributed by atoms with Crippen molar-refractivity contribution < 1.29 is 14.4 Å². The van der Waals surface area contributed by atoms with Crippen LogP contribution in [-0.4, -0.2) is 92.0 Å². The third-order valence-corrected chi connectivity index (χ3v) is 4.72. The molecule has 2 unspecified atom stereocenters. The molecular formula is C18H23N7O3. The average Bonchev–Trinajstić information content (AvgIpc) is 3.08. The SMILES string of the molecule is CN1C(=O)C2C(N=CN2CC(=O)N/N=C/c2ccc(N(C)C)cc2)N(C)C1=O. The van der Waals surface area contributed by atoms with Crippen LogP contribution in [0.2, 0.25) is 0 Å². The van der Waals surface area contributed by atoms with Gasteiger partial charge in [-0.15, -0.1) is 0 Å². The molecule has 0 bridgehead atoms. The van der Waals surface area contributed by atoms with Crippen LogP contribution in [0.25, 0.3) is 0 Å². The van der Waals surface area contributed by atoms with E-state index in [2.05, 4.69) is 15.5 Å². The van der Waals surface area contributed by atoms with Crippen molar-refractivity contribution in [2.45, 2.75) is 12.2 Å². The molecule has 28 heavy (non-hydrogen) atoms. The summed E-state index contributed by atoms with van der Waals surface area (Å²) in [7, 11) is 6.91. The Labute approximate surface area is 163 Å². The van der Waals surface area contributed by atoms with Gasteiger partial charge < -0.3 is 14.7 Å². The topological polar surface area (TPSA) is 101 Å².